The normalized spacial score (nSPS) is 10.9. The Morgan fingerprint density at radius 2 is 0.917 bits per heavy atom. The number of nitrogens with two attached hydrogens (primary N) is 1. The number of benzene rings is 2. The summed E-state index contributed by atoms with van der Waals surface area (Å²) in [6.45, 7) is 9.57. The molecular formula is C28H46N2O6. The van der Waals surface area contributed by atoms with Gasteiger partial charge in [-0.15, -0.1) is 0 Å². The first kappa shape index (κ1) is 32.1. The second-order valence-electron chi connectivity index (χ2n) is 7.91. The predicted octanol–water partition coefficient (Wildman–Crippen LogP) is 2.99. The van der Waals surface area contributed by atoms with E-state index in [2.05, 4.69) is 65.6 Å². The second kappa shape index (κ2) is 24.8. The lowest BCUT2D eigenvalue weighted by atomic mass is 10.1. The van der Waals surface area contributed by atoms with Crippen molar-refractivity contribution in [1.29, 1.82) is 0 Å². The predicted molar refractivity (Wildman–Crippen MR) is 143 cm³/mol. The van der Waals surface area contributed by atoms with E-state index in [4.69, 9.17) is 34.2 Å². The molecule has 0 bridgehead atoms. The molecule has 8 nitrogen and oxygen atoms in total. The molecule has 0 saturated carbocycles. The Morgan fingerprint density at radius 3 is 1.33 bits per heavy atom. The van der Waals surface area contributed by atoms with Gasteiger partial charge in [0.2, 0.25) is 0 Å². The van der Waals surface area contributed by atoms with E-state index in [1.807, 2.05) is 0 Å². The maximum Gasteiger partial charge on any atom is 0.0701 e. The minimum Gasteiger partial charge on any atom is -0.382 e. The third-order valence-corrected chi connectivity index (χ3v) is 4.92. The lowest BCUT2D eigenvalue weighted by Crippen LogP contribution is -2.27. The van der Waals surface area contributed by atoms with E-state index in [1.54, 1.807) is 14.2 Å². The number of hydrogen-bond donors (Lipinski definition) is 1. The molecule has 2 aromatic carbocycles. The van der Waals surface area contributed by atoms with Crippen molar-refractivity contribution in [1.82, 2.24) is 4.90 Å². The molecule has 0 fully saturated rings. The van der Waals surface area contributed by atoms with E-state index in [-0.39, 0.29) is 0 Å². The van der Waals surface area contributed by atoms with Gasteiger partial charge in [-0.3, -0.25) is 4.90 Å². The van der Waals surface area contributed by atoms with Crippen LogP contribution in [0.2, 0.25) is 0 Å². The number of hydrogen-bond acceptors (Lipinski definition) is 8. The van der Waals surface area contributed by atoms with Gasteiger partial charge in [0.15, 0.2) is 0 Å². The van der Waals surface area contributed by atoms with Crippen molar-refractivity contribution in [2.24, 2.45) is 5.73 Å². The Bertz CT molecular complexity index is 643. The summed E-state index contributed by atoms with van der Waals surface area (Å²) in [5, 5.41) is 0. The van der Waals surface area contributed by atoms with Crippen LogP contribution < -0.4 is 5.73 Å². The molecule has 0 amide bonds. The van der Waals surface area contributed by atoms with Gasteiger partial charge in [-0.2, -0.15) is 0 Å². The zero-order chi connectivity index (χ0) is 25.9. The maximum atomic E-state index is 5.71. The summed E-state index contributed by atoms with van der Waals surface area (Å²) in [7, 11) is 3.32. The Labute approximate surface area is 217 Å². The minimum absolute atomic E-state index is 0.568. The zero-order valence-electron chi connectivity index (χ0n) is 22.1. The molecule has 0 spiro atoms. The first-order valence-electron chi connectivity index (χ1n) is 12.6. The van der Waals surface area contributed by atoms with Gasteiger partial charge >= 0.3 is 0 Å². The van der Waals surface area contributed by atoms with E-state index in [0.29, 0.717) is 72.6 Å². The summed E-state index contributed by atoms with van der Waals surface area (Å²) < 4.78 is 31.0. The lowest BCUT2D eigenvalue weighted by molar-refractivity contribution is 0.0184. The lowest BCUT2D eigenvalue weighted by Gasteiger charge is -2.22. The monoisotopic (exact) mass is 506 g/mol. The van der Waals surface area contributed by atoms with Gasteiger partial charge in [0.25, 0.3) is 0 Å². The molecule has 0 aliphatic rings. The average molecular weight is 507 g/mol. The smallest absolute Gasteiger partial charge is 0.0701 e. The van der Waals surface area contributed by atoms with Crippen molar-refractivity contribution in [3.05, 3.63) is 71.8 Å². The van der Waals surface area contributed by atoms with E-state index in [0.717, 1.165) is 19.6 Å². The quantitative estimate of drug-likeness (QED) is 0.259. The van der Waals surface area contributed by atoms with E-state index in [1.165, 1.54) is 11.1 Å². The van der Waals surface area contributed by atoms with Crippen molar-refractivity contribution in [3.63, 3.8) is 0 Å². The SMILES string of the molecule is COCCOCCOCCN.COCCOCCOCCN(Cc1ccccc1)Cc1ccccc1. The molecule has 0 aromatic heterocycles. The van der Waals surface area contributed by atoms with Crippen LogP contribution in [0.3, 0.4) is 0 Å². The highest BCUT2D eigenvalue weighted by Crippen LogP contribution is 2.09. The van der Waals surface area contributed by atoms with Gasteiger partial charge in [0.1, 0.15) is 0 Å². The summed E-state index contributed by atoms with van der Waals surface area (Å²) >= 11 is 0. The van der Waals surface area contributed by atoms with E-state index < -0.39 is 0 Å². The highest BCUT2D eigenvalue weighted by molar-refractivity contribution is 5.17. The Morgan fingerprint density at radius 1 is 0.528 bits per heavy atom. The van der Waals surface area contributed by atoms with Crippen molar-refractivity contribution in [3.8, 4) is 0 Å². The van der Waals surface area contributed by atoms with Crippen molar-refractivity contribution in [2.75, 3.05) is 93.4 Å². The number of ether oxygens (including phenoxy) is 6. The molecule has 0 unspecified atom stereocenters. The fraction of sp³-hybridized carbons (Fsp3) is 0.571. The second-order valence-corrected chi connectivity index (χ2v) is 7.91. The summed E-state index contributed by atoms with van der Waals surface area (Å²) in [6.07, 6.45) is 0. The molecule has 36 heavy (non-hydrogen) atoms. The molecule has 2 aromatic rings. The van der Waals surface area contributed by atoms with Gasteiger partial charge in [-0.25, -0.2) is 0 Å². The summed E-state index contributed by atoms with van der Waals surface area (Å²) in [6, 6.07) is 21.1. The molecule has 0 aliphatic heterocycles. The van der Waals surface area contributed by atoms with Crippen molar-refractivity contribution >= 4 is 0 Å². The number of nitrogens with zero attached hydrogens (tertiary/aromatic N) is 1. The van der Waals surface area contributed by atoms with Crippen molar-refractivity contribution < 1.29 is 28.4 Å². The fourth-order valence-corrected chi connectivity index (χ4v) is 3.10. The minimum atomic E-state index is 0.568. The maximum absolute atomic E-state index is 5.71. The third kappa shape index (κ3) is 19.3. The highest BCUT2D eigenvalue weighted by atomic mass is 16.5. The van der Waals surface area contributed by atoms with Gasteiger partial charge in [-0.05, 0) is 11.1 Å². The van der Waals surface area contributed by atoms with Crippen LogP contribution in [-0.4, -0.2) is 98.3 Å². The molecule has 2 N–H and O–H groups in total. The Balaban J connectivity index is 0.000000497. The molecule has 0 aliphatic carbocycles. The number of methoxy groups -OCH3 is 2. The summed E-state index contributed by atoms with van der Waals surface area (Å²) in [5.74, 6) is 0. The molecule has 0 radical (unpaired) electrons. The first-order chi connectivity index (χ1) is 17.8. The van der Waals surface area contributed by atoms with E-state index in [9.17, 15) is 0 Å². The molecule has 0 saturated heterocycles. The first-order valence-corrected chi connectivity index (χ1v) is 12.6. The molecule has 0 atom stereocenters. The van der Waals surface area contributed by atoms with Crippen LogP contribution in [0.1, 0.15) is 11.1 Å². The van der Waals surface area contributed by atoms with Gasteiger partial charge in [0.05, 0.1) is 66.1 Å². The topological polar surface area (TPSA) is 84.6 Å². The van der Waals surface area contributed by atoms with Crippen LogP contribution in [0.25, 0.3) is 0 Å². The molecular weight excluding hydrogens is 460 g/mol. The van der Waals surface area contributed by atoms with Crippen LogP contribution in [0, 0.1) is 0 Å². The summed E-state index contributed by atoms with van der Waals surface area (Å²) in [5.41, 5.74) is 7.85. The summed E-state index contributed by atoms with van der Waals surface area (Å²) in [4.78, 5) is 2.41. The Kier molecular flexibility index (Phi) is 22.1. The zero-order valence-corrected chi connectivity index (χ0v) is 22.1. The van der Waals surface area contributed by atoms with Gasteiger partial charge in [0, 0.05) is 40.4 Å². The van der Waals surface area contributed by atoms with Crippen molar-refractivity contribution in [2.45, 2.75) is 13.1 Å². The van der Waals surface area contributed by atoms with Gasteiger partial charge < -0.3 is 34.2 Å². The van der Waals surface area contributed by atoms with Crippen LogP contribution in [0.5, 0.6) is 0 Å². The Hall–Kier alpha value is -1.88. The molecule has 204 valence electrons. The third-order valence-electron chi connectivity index (χ3n) is 4.92. The number of rotatable bonds is 21. The van der Waals surface area contributed by atoms with E-state index >= 15 is 0 Å². The fourth-order valence-electron chi connectivity index (χ4n) is 3.10. The highest BCUT2D eigenvalue weighted by Gasteiger charge is 2.07. The van der Waals surface area contributed by atoms with Crippen LogP contribution in [0.4, 0.5) is 0 Å². The average Bonchev–Trinajstić information content (AvgIpc) is 2.91. The molecule has 2 rings (SSSR count). The largest absolute Gasteiger partial charge is 0.382 e. The van der Waals surface area contributed by atoms with Gasteiger partial charge in [-0.1, -0.05) is 60.7 Å². The van der Waals surface area contributed by atoms with Crippen LogP contribution in [-0.2, 0) is 41.5 Å². The molecule has 8 heteroatoms. The standard InChI is InChI=1S/C21H29NO3.C7H17NO3/c1-23-14-15-25-17-16-24-13-12-22(18-20-8-4-2-5-9-20)19-21-10-6-3-7-11-21;1-9-4-5-11-7-6-10-3-2-8/h2-11H,12-19H2,1H3;2-8H2,1H3. The van der Waals surface area contributed by atoms with Crippen LogP contribution in [0.15, 0.2) is 60.7 Å². The molecule has 0 heterocycles. The van der Waals surface area contributed by atoms with Crippen LogP contribution >= 0.6 is 0 Å².